The fourth-order valence-electron chi connectivity index (χ4n) is 3.28. The molecular weight excluding hydrogens is 407 g/mol. The molecule has 1 unspecified atom stereocenters. The van der Waals surface area contributed by atoms with Crippen molar-refractivity contribution < 1.29 is 9.26 Å². The van der Waals surface area contributed by atoms with Crippen LogP contribution in [0.4, 0.5) is 0 Å². The lowest BCUT2D eigenvalue weighted by atomic mass is 10.0. The molecule has 146 valence electrons. The Morgan fingerprint density at radius 1 is 1.18 bits per heavy atom. The third-order valence-electron chi connectivity index (χ3n) is 4.58. The van der Waals surface area contributed by atoms with Gasteiger partial charge in [0.1, 0.15) is 6.10 Å². The van der Waals surface area contributed by atoms with E-state index in [1.165, 1.54) is 0 Å². The average Bonchev–Trinajstić information content (AvgIpc) is 2.97. The molecule has 4 rings (SSSR count). The number of hydrogen-bond donors (Lipinski definition) is 2. The van der Waals surface area contributed by atoms with Gasteiger partial charge in [-0.1, -0.05) is 34.4 Å². The van der Waals surface area contributed by atoms with Crippen LogP contribution in [0.1, 0.15) is 17.7 Å². The van der Waals surface area contributed by atoms with Gasteiger partial charge in [0, 0.05) is 19.3 Å². The largest absolute Gasteiger partial charge is 0.439 e. The standard InChI is InChI=1S/C18H16Cl2N4O4/c19-12-4-3-10(8-13(12)20)15-14(9-21-5-7-27-15)24-6-1-2-11(17(24)25)16-22-18(26)28-23-16/h1-4,6,8,14-15,21H,5,7,9H2,(H,22,23,26)/t14-,15?/m0/s1. The summed E-state index contributed by atoms with van der Waals surface area (Å²) in [5, 5.41) is 7.75. The highest BCUT2D eigenvalue weighted by Gasteiger charge is 2.29. The molecule has 0 radical (unpaired) electrons. The Hall–Kier alpha value is -2.39. The molecule has 2 aromatic heterocycles. The molecular formula is C18H16Cl2N4O4. The fraction of sp³-hybridized carbons (Fsp3) is 0.278. The maximum Gasteiger partial charge on any atom is 0.439 e. The monoisotopic (exact) mass is 422 g/mol. The van der Waals surface area contributed by atoms with Crippen molar-refractivity contribution in [1.29, 1.82) is 0 Å². The molecule has 8 nitrogen and oxygen atoms in total. The molecule has 3 aromatic rings. The molecule has 0 bridgehead atoms. The van der Waals surface area contributed by atoms with E-state index in [-0.39, 0.29) is 23.0 Å². The first-order valence-corrected chi connectivity index (χ1v) is 9.35. The molecule has 0 spiro atoms. The number of hydrogen-bond acceptors (Lipinski definition) is 6. The Morgan fingerprint density at radius 3 is 2.79 bits per heavy atom. The Morgan fingerprint density at radius 2 is 2.04 bits per heavy atom. The van der Waals surface area contributed by atoms with Crippen LogP contribution in [0, 0.1) is 0 Å². The normalized spacial score (nSPS) is 20.1. The van der Waals surface area contributed by atoms with Crippen LogP contribution in [-0.2, 0) is 4.74 Å². The maximum absolute atomic E-state index is 13.1. The molecule has 0 amide bonds. The highest BCUT2D eigenvalue weighted by Crippen LogP contribution is 2.34. The van der Waals surface area contributed by atoms with Crippen molar-refractivity contribution in [1.82, 2.24) is 20.0 Å². The van der Waals surface area contributed by atoms with Gasteiger partial charge in [-0.15, -0.1) is 0 Å². The van der Waals surface area contributed by atoms with Crippen LogP contribution in [0.2, 0.25) is 10.0 Å². The first kappa shape index (κ1) is 18.9. The van der Waals surface area contributed by atoms with Gasteiger partial charge in [-0.05, 0) is 29.8 Å². The first-order chi connectivity index (χ1) is 13.5. The lowest BCUT2D eigenvalue weighted by molar-refractivity contribution is 0.0336. The highest BCUT2D eigenvalue weighted by atomic mass is 35.5. The maximum atomic E-state index is 13.1. The number of aromatic nitrogens is 3. The fourth-order valence-corrected chi connectivity index (χ4v) is 3.58. The Kier molecular flexibility index (Phi) is 5.36. The molecule has 0 aliphatic carbocycles. The van der Waals surface area contributed by atoms with Crippen LogP contribution in [-0.4, -0.2) is 34.4 Å². The van der Waals surface area contributed by atoms with Crippen molar-refractivity contribution in [2.45, 2.75) is 12.1 Å². The predicted octanol–water partition coefficient (Wildman–Crippen LogP) is 2.40. The molecule has 1 aromatic carbocycles. The lowest BCUT2D eigenvalue weighted by Crippen LogP contribution is -2.34. The Balaban J connectivity index is 1.79. The molecule has 1 aliphatic rings. The van der Waals surface area contributed by atoms with Gasteiger partial charge >= 0.3 is 5.76 Å². The van der Waals surface area contributed by atoms with E-state index in [9.17, 15) is 9.59 Å². The van der Waals surface area contributed by atoms with Crippen LogP contribution in [0.5, 0.6) is 0 Å². The van der Waals surface area contributed by atoms with E-state index in [0.29, 0.717) is 29.7 Å². The summed E-state index contributed by atoms with van der Waals surface area (Å²) in [6, 6.07) is 8.22. The topological polar surface area (TPSA) is 102 Å². The number of rotatable bonds is 3. The second-order valence-corrected chi connectivity index (χ2v) is 7.13. The van der Waals surface area contributed by atoms with Gasteiger partial charge < -0.3 is 14.6 Å². The van der Waals surface area contributed by atoms with E-state index < -0.39 is 11.9 Å². The Bertz CT molecular complexity index is 1110. The van der Waals surface area contributed by atoms with Crippen molar-refractivity contribution in [3.63, 3.8) is 0 Å². The molecule has 1 fully saturated rings. The number of H-pyrrole nitrogens is 1. The minimum atomic E-state index is -0.724. The van der Waals surface area contributed by atoms with Crippen LogP contribution in [0.25, 0.3) is 11.4 Å². The van der Waals surface area contributed by atoms with Crippen molar-refractivity contribution >= 4 is 23.2 Å². The molecule has 2 N–H and O–H groups in total. The van der Waals surface area contributed by atoms with Crippen LogP contribution in [0.3, 0.4) is 0 Å². The second kappa shape index (κ2) is 7.92. The van der Waals surface area contributed by atoms with Crippen LogP contribution >= 0.6 is 23.2 Å². The van der Waals surface area contributed by atoms with E-state index >= 15 is 0 Å². The second-order valence-electron chi connectivity index (χ2n) is 6.31. The minimum absolute atomic E-state index is 0.0814. The summed E-state index contributed by atoms with van der Waals surface area (Å²) in [4.78, 5) is 26.8. The average molecular weight is 423 g/mol. The van der Waals surface area contributed by atoms with Gasteiger partial charge in [0.25, 0.3) is 5.56 Å². The smallest absolute Gasteiger partial charge is 0.370 e. The molecule has 28 heavy (non-hydrogen) atoms. The molecule has 1 aliphatic heterocycles. The SMILES string of the molecule is O=c1[nH]c(-c2cccn([C@H]3CNCCOC3c3ccc(Cl)c(Cl)c3)c2=O)no1. The van der Waals surface area contributed by atoms with Gasteiger partial charge in [-0.3, -0.25) is 14.3 Å². The van der Waals surface area contributed by atoms with Crippen molar-refractivity contribution in [2.24, 2.45) is 0 Å². The van der Waals surface area contributed by atoms with E-state index in [1.54, 1.807) is 35.0 Å². The van der Waals surface area contributed by atoms with Crippen molar-refractivity contribution in [2.75, 3.05) is 19.7 Å². The molecule has 2 atom stereocenters. The first-order valence-electron chi connectivity index (χ1n) is 8.59. The van der Waals surface area contributed by atoms with E-state index in [2.05, 4.69) is 20.0 Å². The van der Waals surface area contributed by atoms with E-state index in [4.69, 9.17) is 27.9 Å². The summed E-state index contributed by atoms with van der Waals surface area (Å²) in [7, 11) is 0. The number of halogens is 2. The van der Waals surface area contributed by atoms with Gasteiger partial charge in [-0.2, -0.15) is 0 Å². The molecule has 1 saturated heterocycles. The Labute approximate surface area is 169 Å². The number of ether oxygens (including phenoxy) is 1. The minimum Gasteiger partial charge on any atom is -0.370 e. The predicted molar refractivity (Wildman–Crippen MR) is 104 cm³/mol. The van der Waals surface area contributed by atoms with Crippen molar-refractivity contribution in [3.05, 3.63) is 73.0 Å². The van der Waals surface area contributed by atoms with E-state index in [1.807, 2.05) is 6.07 Å². The summed E-state index contributed by atoms with van der Waals surface area (Å²) in [6.07, 6.45) is 1.25. The number of pyridine rings is 1. The third-order valence-corrected chi connectivity index (χ3v) is 5.32. The van der Waals surface area contributed by atoms with E-state index in [0.717, 1.165) is 5.56 Å². The van der Waals surface area contributed by atoms with Gasteiger partial charge in [0.05, 0.1) is 28.3 Å². The number of nitrogens with zero attached hydrogens (tertiary/aromatic N) is 2. The summed E-state index contributed by atoms with van der Waals surface area (Å²) in [5.74, 6) is -0.643. The number of aromatic amines is 1. The van der Waals surface area contributed by atoms with Crippen molar-refractivity contribution in [3.8, 4) is 11.4 Å². The zero-order valence-corrected chi connectivity index (χ0v) is 16.0. The highest BCUT2D eigenvalue weighted by molar-refractivity contribution is 6.42. The van der Waals surface area contributed by atoms with Crippen LogP contribution in [0.15, 0.2) is 50.6 Å². The summed E-state index contributed by atoms with van der Waals surface area (Å²) in [5.41, 5.74) is 0.718. The summed E-state index contributed by atoms with van der Waals surface area (Å²) >= 11 is 12.2. The zero-order chi connectivity index (χ0) is 19.7. The summed E-state index contributed by atoms with van der Waals surface area (Å²) < 4.78 is 12.1. The van der Waals surface area contributed by atoms with Gasteiger partial charge in [-0.25, -0.2) is 4.79 Å². The zero-order valence-electron chi connectivity index (χ0n) is 14.5. The lowest BCUT2D eigenvalue weighted by Gasteiger charge is -2.27. The summed E-state index contributed by atoms with van der Waals surface area (Å²) in [6.45, 7) is 1.63. The number of nitrogens with one attached hydrogen (secondary N) is 2. The van der Waals surface area contributed by atoms with Crippen LogP contribution < -0.4 is 16.6 Å². The van der Waals surface area contributed by atoms with Gasteiger partial charge in [0.15, 0.2) is 5.82 Å². The van der Waals surface area contributed by atoms with Gasteiger partial charge in [0.2, 0.25) is 0 Å². The third kappa shape index (κ3) is 3.64. The quantitative estimate of drug-likeness (QED) is 0.671. The molecule has 0 saturated carbocycles. The number of benzene rings is 1. The molecule has 10 heteroatoms. The molecule has 3 heterocycles.